The fourth-order valence-electron chi connectivity index (χ4n) is 1.71. The Labute approximate surface area is 107 Å². The molecule has 0 radical (unpaired) electrons. The van der Waals surface area contributed by atoms with Gasteiger partial charge >= 0.3 is 0 Å². The summed E-state index contributed by atoms with van der Waals surface area (Å²) in [6.45, 7) is 5.55. The smallest absolute Gasteiger partial charge is 0.287 e. The molecule has 0 saturated heterocycles. The third-order valence-corrected chi connectivity index (χ3v) is 2.88. The average molecular weight is 254 g/mol. The third kappa shape index (κ3) is 3.38. The summed E-state index contributed by atoms with van der Waals surface area (Å²) in [6, 6.07) is 0. The number of nitrogens with two attached hydrogens (primary N) is 1. The van der Waals surface area contributed by atoms with Gasteiger partial charge in [0, 0.05) is 13.1 Å². The number of hydrogen-bond acceptors (Lipinski definition) is 3. The van der Waals surface area contributed by atoms with E-state index in [1.807, 2.05) is 0 Å². The van der Waals surface area contributed by atoms with E-state index in [1.165, 1.54) is 0 Å². The number of nitrogen functional groups attached to an aromatic ring is 1. The molecule has 4 N–H and O–H groups in total. The topological polar surface area (TPSA) is 95.0 Å². The van der Waals surface area contributed by atoms with Crippen molar-refractivity contribution in [1.29, 1.82) is 0 Å². The zero-order valence-corrected chi connectivity index (χ0v) is 11.1. The van der Waals surface area contributed by atoms with Crippen molar-refractivity contribution in [3.05, 3.63) is 16.0 Å². The van der Waals surface area contributed by atoms with E-state index in [1.54, 1.807) is 4.90 Å². The van der Waals surface area contributed by atoms with Crippen molar-refractivity contribution in [3.63, 3.8) is 0 Å². The molecule has 0 aliphatic heterocycles. The summed E-state index contributed by atoms with van der Waals surface area (Å²) in [4.78, 5) is 25.2. The van der Waals surface area contributed by atoms with E-state index < -0.39 is 5.56 Å². The molecule has 0 aromatic carbocycles. The minimum atomic E-state index is -0.440. The molecule has 0 fully saturated rings. The number of anilines is 1. The van der Waals surface area contributed by atoms with Crippen LogP contribution in [0.15, 0.2) is 4.79 Å². The van der Waals surface area contributed by atoms with Crippen LogP contribution in [0, 0.1) is 0 Å². The predicted octanol–water partition coefficient (Wildman–Crippen LogP) is 1.33. The van der Waals surface area contributed by atoms with Crippen molar-refractivity contribution >= 4 is 11.6 Å². The zero-order valence-electron chi connectivity index (χ0n) is 11.1. The van der Waals surface area contributed by atoms with Gasteiger partial charge in [-0.15, -0.1) is 0 Å². The summed E-state index contributed by atoms with van der Waals surface area (Å²) < 4.78 is 0. The van der Waals surface area contributed by atoms with Crippen LogP contribution in [0.3, 0.4) is 0 Å². The second-order valence-corrected chi connectivity index (χ2v) is 4.37. The molecule has 1 heterocycles. The first-order chi connectivity index (χ1) is 8.61. The van der Waals surface area contributed by atoms with E-state index in [9.17, 15) is 9.59 Å². The Morgan fingerprint density at radius 2 is 1.72 bits per heavy atom. The fourth-order valence-corrected chi connectivity index (χ4v) is 1.71. The molecule has 0 bridgehead atoms. The number of hydrogen-bond donors (Lipinski definition) is 3. The van der Waals surface area contributed by atoms with Gasteiger partial charge in [-0.25, -0.2) is 0 Å². The van der Waals surface area contributed by atoms with Gasteiger partial charge in [0.2, 0.25) is 0 Å². The maximum absolute atomic E-state index is 12.2. The van der Waals surface area contributed by atoms with Gasteiger partial charge in [-0.2, -0.15) is 0 Å². The van der Waals surface area contributed by atoms with Crippen LogP contribution < -0.4 is 11.3 Å². The number of aromatic nitrogens is 2. The lowest BCUT2D eigenvalue weighted by atomic mass is 10.2. The highest BCUT2D eigenvalue weighted by Crippen LogP contribution is 2.09. The largest absolute Gasteiger partial charge is 0.392 e. The number of carbonyl (C=O) groups excluding carboxylic acids is 1. The second kappa shape index (κ2) is 6.88. The molecule has 6 nitrogen and oxygen atoms in total. The quantitative estimate of drug-likeness (QED) is 0.685. The van der Waals surface area contributed by atoms with Crippen molar-refractivity contribution in [2.45, 2.75) is 39.5 Å². The Morgan fingerprint density at radius 1 is 1.17 bits per heavy atom. The summed E-state index contributed by atoms with van der Waals surface area (Å²) >= 11 is 0. The van der Waals surface area contributed by atoms with Gasteiger partial charge in [0.15, 0.2) is 0 Å². The Morgan fingerprint density at radius 3 is 2.11 bits per heavy atom. The fraction of sp³-hybridized carbons (Fsp3) is 0.667. The molecule has 102 valence electrons. The number of rotatable bonds is 7. The van der Waals surface area contributed by atoms with Crippen molar-refractivity contribution in [1.82, 2.24) is 15.1 Å². The van der Waals surface area contributed by atoms with Crippen LogP contribution in [0.5, 0.6) is 0 Å². The number of H-pyrrole nitrogens is 2. The molecule has 1 aromatic rings. The Balaban J connectivity index is 2.80. The molecular formula is C12H22N4O2. The molecule has 1 rings (SSSR count). The molecule has 0 saturated carbocycles. The van der Waals surface area contributed by atoms with Crippen molar-refractivity contribution in [3.8, 4) is 0 Å². The van der Waals surface area contributed by atoms with Crippen LogP contribution in [-0.2, 0) is 0 Å². The highest BCUT2D eigenvalue weighted by atomic mass is 16.2. The normalized spacial score (nSPS) is 10.6. The van der Waals surface area contributed by atoms with Crippen molar-refractivity contribution in [2.24, 2.45) is 0 Å². The number of nitrogens with one attached hydrogen (secondary N) is 2. The maximum atomic E-state index is 12.2. The summed E-state index contributed by atoms with van der Waals surface area (Å²) in [7, 11) is 0. The number of nitrogens with zero attached hydrogens (tertiary/aromatic N) is 1. The molecule has 0 unspecified atom stereocenters. The van der Waals surface area contributed by atoms with Crippen LogP contribution in [0.2, 0.25) is 0 Å². The van der Waals surface area contributed by atoms with Gasteiger partial charge < -0.3 is 10.6 Å². The summed E-state index contributed by atoms with van der Waals surface area (Å²) in [5.41, 5.74) is 5.28. The predicted molar refractivity (Wildman–Crippen MR) is 71.5 cm³/mol. The molecule has 1 amide bonds. The first-order valence-electron chi connectivity index (χ1n) is 6.47. The van der Waals surface area contributed by atoms with Crippen LogP contribution >= 0.6 is 0 Å². The van der Waals surface area contributed by atoms with Gasteiger partial charge in [-0.3, -0.25) is 19.8 Å². The van der Waals surface area contributed by atoms with Gasteiger partial charge in [0.25, 0.3) is 11.5 Å². The van der Waals surface area contributed by atoms with E-state index in [2.05, 4.69) is 24.0 Å². The number of carbonyl (C=O) groups is 1. The molecule has 18 heavy (non-hydrogen) atoms. The molecule has 0 spiro atoms. The van der Waals surface area contributed by atoms with Gasteiger partial charge in [0.05, 0.1) is 0 Å². The highest BCUT2D eigenvalue weighted by molar-refractivity contribution is 5.96. The van der Waals surface area contributed by atoms with E-state index in [0.29, 0.717) is 13.1 Å². The lowest BCUT2D eigenvalue weighted by Gasteiger charge is -2.21. The van der Waals surface area contributed by atoms with Gasteiger partial charge in [-0.05, 0) is 12.8 Å². The highest BCUT2D eigenvalue weighted by Gasteiger charge is 2.20. The first kappa shape index (κ1) is 14.3. The SMILES string of the molecule is CCCCN(CCCC)C(=O)c1[nH][nH]c(=O)c1N. The zero-order chi connectivity index (χ0) is 13.5. The van der Waals surface area contributed by atoms with E-state index in [0.717, 1.165) is 25.7 Å². The van der Waals surface area contributed by atoms with Crippen LogP contribution in [-0.4, -0.2) is 34.1 Å². The molecule has 0 atom stereocenters. The maximum Gasteiger partial charge on any atom is 0.287 e. The lowest BCUT2D eigenvalue weighted by Crippen LogP contribution is -2.33. The van der Waals surface area contributed by atoms with E-state index in [-0.39, 0.29) is 17.3 Å². The molecular weight excluding hydrogens is 232 g/mol. The van der Waals surface area contributed by atoms with Crippen molar-refractivity contribution < 1.29 is 4.79 Å². The molecule has 0 aliphatic rings. The van der Waals surface area contributed by atoms with Gasteiger partial charge in [-0.1, -0.05) is 26.7 Å². The summed E-state index contributed by atoms with van der Waals surface area (Å²) in [6.07, 6.45) is 3.94. The third-order valence-electron chi connectivity index (χ3n) is 2.88. The number of aromatic amines is 2. The standard InChI is InChI=1S/C12H22N4O2/c1-3-5-7-16(8-6-4-2)12(18)10-9(13)11(17)15-14-10/h3-8,13H2,1-2H3,(H2,14,15,17). The van der Waals surface area contributed by atoms with Crippen molar-refractivity contribution in [2.75, 3.05) is 18.8 Å². The van der Waals surface area contributed by atoms with E-state index in [4.69, 9.17) is 5.73 Å². The lowest BCUT2D eigenvalue weighted by molar-refractivity contribution is 0.0746. The molecule has 6 heteroatoms. The Hall–Kier alpha value is -1.72. The minimum Gasteiger partial charge on any atom is -0.392 e. The number of unbranched alkanes of at least 4 members (excludes halogenated alkanes) is 2. The minimum absolute atomic E-state index is 0.0296. The summed E-state index contributed by atoms with van der Waals surface area (Å²) in [5, 5.41) is 4.88. The van der Waals surface area contributed by atoms with Crippen LogP contribution in [0.4, 0.5) is 5.69 Å². The monoisotopic (exact) mass is 254 g/mol. The van der Waals surface area contributed by atoms with Crippen LogP contribution in [0.1, 0.15) is 50.0 Å². The first-order valence-corrected chi connectivity index (χ1v) is 6.47. The number of amides is 1. The van der Waals surface area contributed by atoms with Crippen LogP contribution in [0.25, 0.3) is 0 Å². The Kier molecular flexibility index (Phi) is 5.48. The molecule has 1 aromatic heterocycles. The van der Waals surface area contributed by atoms with E-state index >= 15 is 0 Å². The summed E-state index contributed by atoms with van der Waals surface area (Å²) in [5.74, 6) is -0.201. The second-order valence-electron chi connectivity index (χ2n) is 4.37. The van der Waals surface area contributed by atoms with Gasteiger partial charge in [0.1, 0.15) is 11.4 Å². The average Bonchev–Trinajstić information content (AvgIpc) is 2.69. The Bertz CT molecular complexity index is 428. The molecule has 0 aliphatic carbocycles.